The number of piperazine rings is 1. The van der Waals surface area contributed by atoms with Gasteiger partial charge in [0.05, 0.1) is 22.0 Å². The highest BCUT2D eigenvalue weighted by atomic mass is 32.2. The molecule has 1 aliphatic rings. The molecule has 176 valence electrons. The molecule has 2 aromatic heterocycles. The lowest BCUT2D eigenvalue weighted by Gasteiger charge is -2.34. The molecule has 33 heavy (non-hydrogen) atoms. The van der Waals surface area contributed by atoms with Crippen molar-refractivity contribution in [1.82, 2.24) is 19.1 Å². The van der Waals surface area contributed by atoms with Gasteiger partial charge in [-0.3, -0.25) is 9.69 Å². The zero-order chi connectivity index (χ0) is 23.4. The number of aromatic nitrogens is 1. The SMILES string of the molecule is CCN(CC)S(=O)(=O)c1ccc(C(=O)N2CCN(Cc3nc(-c4cccs4)cs3)CC2)cc1. The highest BCUT2D eigenvalue weighted by molar-refractivity contribution is 7.89. The van der Waals surface area contributed by atoms with Crippen LogP contribution in [0.5, 0.6) is 0 Å². The van der Waals surface area contributed by atoms with Gasteiger partial charge in [0, 0.05) is 50.2 Å². The second-order valence-electron chi connectivity index (χ2n) is 7.79. The molecule has 4 rings (SSSR count). The minimum atomic E-state index is -3.52. The molecule has 0 aliphatic carbocycles. The number of hydrogen-bond acceptors (Lipinski definition) is 7. The summed E-state index contributed by atoms with van der Waals surface area (Å²) >= 11 is 3.37. The van der Waals surface area contributed by atoms with Crippen LogP contribution in [-0.2, 0) is 16.6 Å². The molecule has 3 heterocycles. The maximum Gasteiger partial charge on any atom is 0.253 e. The number of carbonyl (C=O) groups excluding carboxylic acids is 1. The Kier molecular flexibility index (Phi) is 7.60. The summed E-state index contributed by atoms with van der Waals surface area (Å²) in [7, 11) is -3.52. The van der Waals surface area contributed by atoms with E-state index in [1.165, 1.54) is 21.3 Å². The van der Waals surface area contributed by atoms with Crippen molar-refractivity contribution < 1.29 is 13.2 Å². The largest absolute Gasteiger partial charge is 0.336 e. The molecule has 1 aliphatic heterocycles. The number of nitrogens with zero attached hydrogens (tertiary/aromatic N) is 4. The van der Waals surface area contributed by atoms with E-state index in [0.29, 0.717) is 31.7 Å². The minimum Gasteiger partial charge on any atom is -0.336 e. The van der Waals surface area contributed by atoms with Crippen LogP contribution in [-0.4, -0.2) is 72.7 Å². The summed E-state index contributed by atoms with van der Waals surface area (Å²) in [5, 5.41) is 5.25. The number of thiophene rings is 1. The Hall–Kier alpha value is -2.11. The van der Waals surface area contributed by atoms with Gasteiger partial charge >= 0.3 is 0 Å². The van der Waals surface area contributed by atoms with Crippen LogP contribution < -0.4 is 0 Å². The van der Waals surface area contributed by atoms with Gasteiger partial charge in [0.1, 0.15) is 5.01 Å². The standard InChI is InChI=1S/C23H28N4O3S3/c1-3-27(4-2)33(29,30)19-9-7-18(8-10-19)23(28)26-13-11-25(12-14-26)16-22-24-20(17-32-22)21-6-5-15-31-21/h5-10,15,17H,3-4,11-14,16H2,1-2H3. The van der Waals surface area contributed by atoms with Crippen LogP contribution >= 0.6 is 22.7 Å². The molecule has 0 N–H and O–H groups in total. The molecule has 1 aromatic carbocycles. The predicted molar refractivity (Wildman–Crippen MR) is 133 cm³/mol. The number of benzene rings is 1. The van der Waals surface area contributed by atoms with Crippen molar-refractivity contribution in [3.63, 3.8) is 0 Å². The van der Waals surface area contributed by atoms with Gasteiger partial charge in [-0.2, -0.15) is 4.31 Å². The molecule has 3 aromatic rings. The fraction of sp³-hybridized carbons (Fsp3) is 0.391. The summed E-state index contributed by atoms with van der Waals surface area (Å²) in [4.78, 5) is 23.3. The zero-order valence-corrected chi connectivity index (χ0v) is 21.3. The molecule has 0 atom stereocenters. The van der Waals surface area contributed by atoms with Gasteiger partial charge in [0.25, 0.3) is 5.91 Å². The molecule has 0 bridgehead atoms. The van der Waals surface area contributed by atoms with Crippen LogP contribution in [0.3, 0.4) is 0 Å². The summed E-state index contributed by atoms with van der Waals surface area (Å²) in [5.41, 5.74) is 1.55. The van der Waals surface area contributed by atoms with Crippen molar-refractivity contribution in [2.75, 3.05) is 39.3 Å². The molecule has 1 fully saturated rings. The van der Waals surface area contributed by atoms with E-state index >= 15 is 0 Å². The number of sulfonamides is 1. The topological polar surface area (TPSA) is 73.8 Å². The predicted octanol–water partition coefficient (Wildman–Crippen LogP) is 3.86. The number of thiazole rings is 1. The average molecular weight is 505 g/mol. The van der Waals surface area contributed by atoms with Gasteiger partial charge in [-0.25, -0.2) is 13.4 Å². The lowest BCUT2D eigenvalue weighted by atomic mass is 10.2. The average Bonchev–Trinajstić information content (AvgIpc) is 3.52. The molecule has 0 spiro atoms. The molecule has 0 saturated carbocycles. The third-order valence-electron chi connectivity index (χ3n) is 5.79. The van der Waals surface area contributed by atoms with E-state index in [1.54, 1.807) is 34.8 Å². The van der Waals surface area contributed by atoms with Crippen molar-refractivity contribution in [2.24, 2.45) is 0 Å². The maximum atomic E-state index is 12.9. The smallest absolute Gasteiger partial charge is 0.253 e. The molecular weight excluding hydrogens is 476 g/mol. The minimum absolute atomic E-state index is 0.0596. The van der Waals surface area contributed by atoms with Crippen molar-refractivity contribution >= 4 is 38.6 Å². The van der Waals surface area contributed by atoms with Crippen LogP contribution in [0.15, 0.2) is 52.1 Å². The molecule has 0 radical (unpaired) electrons. The lowest BCUT2D eigenvalue weighted by Crippen LogP contribution is -2.48. The van der Waals surface area contributed by atoms with Crippen molar-refractivity contribution in [2.45, 2.75) is 25.3 Å². The second-order valence-corrected chi connectivity index (χ2v) is 11.6. The van der Waals surface area contributed by atoms with Gasteiger partial charge in [-0.15, -0.1) is 22.7 Å². The highest BCUT2D eigenvalue weighted by Crippen LogP contribution is 2.27. The van der Waals surface area contributed by atoms with Crippen LogP contribution in [0.4, 0.5) is 0 Å². The summed E-state index contributed by atoms with van der Waals surface area (Å²) < 4.78 is 26.7. The van der Waals surface area contributed by atoms with Crippen LogP contribution in [0.1, 0.15) is 29.2 Å². The molecular formula is C23H28N4O3S3. The van der Waals surface area contributed by atoms with Gasteiger partial charge in [-0.1, -0.05) is 19.9 Å². The van der Waals surface area contributed by atoms with Crippen LogP contribution in [0.25, 0.3) is 10.6 Å². The summed E-state index contributed by atoms with van der Waals surface area (Å²) in [6, 6.07) is 10.4. The fourth-order valence-corrected chi connectivity index (χ4v) is 6.94. The van der Waals surface area contributed by atoms with E-state index < -0.39 is 10.0 Å². The Morgan fingerprint density at radius 3 is 2.33 bits per heavy atom. The maximum absolute atomic E-state index is 12.9. The van der Waals surface area contributed by atoms with Crippen molar-refractivity contribution in [3.8, 4) is 10.6 Å². The quantitative estimate of drug-likeness (QED) is 0.466. The summed E-state index contributed by atoms with van der Waals surface area (Å²) in [6.07, 6.45) is 0. The Morgan fingerprint density at radius 2 is 1.73 bits per heavy atom. The van der Waals surface area contributed by atoms with Crippen molar-refractivity contribution in [1.29, 1.82) is 0 Å². The second kappa shape index (κ2) is 10.4. The summed E-state index contributed by atoms with van der Waals surface area (Å²) in [5.74, 6) is -0.0596. The Balaban J connectivity index is 1.33. The molecule has 7 nitrogen and oxygen atoms in total. The van der Waals surface area contributed by atoms with E-state index in [1.807, 2.05) is 24.8 Å². The highest BCUT2D eigenvalue weighted by Gasteiger charge is 2.25. The zero-order valence-electron chi connectivity index (χ0n) is 18.8. The molecule has 10 heteroatoms. The summed E-state index contributed by atoms with van der Waals surface area (Å²) in [6.45, 7) is 8.10. The molecule has 1 saturated heterocycles. The third-order valence-corrected chi connectivity index (χ3v) is 9.58. The fourth-order valence-electron chi connectivity index (χ4n) is 3.89. The number of rotatable bonds is 8. The number of hydrogen-bond donors (Lipinski definition) is 0. The Labute approximate surface area is 203 Å². The first-order chi connectivity index (χ1) is 15.9. The monoisotopic (exact) mass is 504 g/mol. The number of carbonyl (C=O) groups is 1. The first kappa shape index (κ1) is 24.0. The van der Waals surface area contributed by atoms with E-state index in [0.717, 1.165) is 30.3 Å². The van der Waals surface area contributed by atoms with Crippen LogP contribution in [0.2, 0.25) is 0 Å². The first-order valence-corrected chi connectivity index (χ1v) is 14.2. The van der Waals surface area contributed by atoms with Gasteiger partial charge in [0.15, 0.2) is 0 Å². The first-order valence-electron chi connectivity index (χ1n) is 11.0. The van der Waals surface area contributed by atoms with E-state index in [4.69, 9.17) is 4.98 Å². The van der Waals surface area contributed by atoms with E-state index in [2.05, 4.69) is 21.7 Å². The van der Waals surface area contributed by atoms with E-state index in [9.17, 15) is 13.2 Å². The van der Waals surface area contributed by atoms with E-state index in [-0.39, 0.29) is 10.8 Å². The normalized spacial score (nSPS) is 15.3. The lowest BCUT2D eigenvalue weighted by molar-refractivity contribution is 0.0628. The molecule has 0 unspecified atom stereocenters. The van der Waals surface area contributed by atoms with Gasteiger partial charge < -0.3 is 4.90 Å². The molecule has 1 amide bonds. The van der Waals surface area contributed by atoms with Gasteiger partial charge in [-0.05, 0) is 35.7 Å². The Morgan fingerprint density at radius 1 is 1.03 bits per heavy atom. The third kappa shape index (κ3) is 5.36. The Bertz CT molecular complexity index is 1160. The van der Waals surface area contributed by atoms with Gasteiger partial charge in [0.2, 0.25) is 10.0 Å². The number of amides is 1. The van der Waals surface area contributed by atoms with Crippen molar-refractivity contribution in [3.05, 3.63) is 57.7 Å². The van der Waals surface area contributed by atoms with Crippen LogP contribution in [0, 0.1) is 0 Å².